The minimum absolute atomic E-state index is 0.0576. The van der Waals surface area contributed by atoms with E-state index in [1.165, 1.54) is 0 Å². The molecule has 0 atom stereocenters. The molecule has 0 saturated heterocycles. The first-order chi connectivity index (χ1) is 15.5. The maximum Gasteiger partial charge on any atom is 0.242 e. The lowest BCUT2D eigenvalue weighted by Crippen LogP contribution is -2.39. The van der Waals surface area contributed by atoms with Gasteiger partial charge in [0.05, 0.1) is 11.7 Å². The molecule has 0 unspecified atom stereocenters. The Labute approximate surface area is 192 Å². The van der Waals surface area contributed by atoms with Crippen LogP contribution in [0.5, 0.6) is 0 Å². The first-order valence-electron chi connectivity index (χ1n) is 10.7. The highest BCUT2D eigenvalue weighted by atomic mass is 32.2. The largest absolute Gasteiger partial charge is 0.308 e. The number of carbonyl (C=O) groups is 1. The van der Waals surface area contributed by atoms with Crippen LogP contribution in [0.2, 0.25) is 0 Å². The maximum atomic E-state index is 13.2. The third-order valence-electron chi connectivity index (χ3n) is 5.94. The van der Waals surface area contributed by atoms with Crippen LogP contribution in [0.15, 0.2) is 66.1 Å². The molecule has 4 rings (SSSR count). The summed E-state index contributed by atoms with van der Waals surface area (Å²) in [7, 11) is -3.67. The van der Waals surface area contributed by atoms with E-state index in [2.05, 4.69) is 20.0 Å². The van der Waals surface area contributed by atoms with Crippen LogP contribution in [-0.4, -0.2) is 36.2 Å². The molecular formula is C23H26N4O3S2. The molecule has 0 aliphatic heterocycles. The van der Waals surface area contributed by atoms with Crippen molar-refractivity contribution in [1.82, 2.24) is 13.5 Å². The lowest BCUT2D eigenvalue weighted by molar-refractivity contribution is -0.123. The van der Waals surface area contributed by atoms with Crippen LogP contribution in [0, 0.1) is 11.8 Å². The van der Waals surface area contributed by atoms with Crippen molar-refractivity contribution >= 4 is 44.4 Å². The fraction of sp³-hybridized carbons (Fsp3) is 0.348. The summed E-state index contributed by atoms with van der Waals surface area (Å²) >= 11 is 1.00. The zero-order valence-corrected chi connectivity index (χ0v) is 19.3. The third kappa shape index (κ3) is 4.90. The van der Waals surface area contributed by atoms with Gasteiger partial charge in [-0.25, -0.2) is 13.1 Å². The van der Waals surface area contributed by atoms with E-state index in [0.29, 0.717) is 24.1 Å². The number of nitrogens with zero attached hydrogens (tertiary/aromatic N) is 3. The number of para-hydroxylation sites is 1. The summed E-state index contributed by atoms with van der Waals surface area (Å²) in [4.78, 5) is 15.1. The first kappa shape index (κ1) is 22.6. The van der Waals surface area contributed by atoms with Crippen LogP contribution >= 0.6 is 11.7 Å². The number of hydrogen-bond donors (Lipinski definition) is 1. The normalized spacial score (nSPS) is 19.0. The molecule has 1 N–H and O–H groups in total. The van der Waals surface area contributed by atoms with Gasteiger partial charge in [0.25, 0.3) is 0 Å². The Balaban J connectivity index is 1.35. The lowest BCUT2D eigenvalue weighted by Gasteiger charge is -2.32. The SMILES string of the molecule is C=CCN(C(=O)C1CCC(CNS(=O)(=O)c2cccc3nsnc23)CC1)c1ccccc1. The van der Waals surface area contributed by atoms with Crippen LogP contribution in [0.25, 0.3) is 11.0 Å². The summed E-state index contributed by atoms with van der Waals surface area (Å²) in [5.74, 6) is 0.252. The van der Waals surface area contributed by atoms with E-state index in [4.69, 9.17) is 0 Å². The second kappa shape index (κ2) is 9.89. The van der Waals surface area contributed by atoms with Crippen LogP contribution in [-0.2, 0) is 14.8 Å². The van der Waals surface area contributed by atoms with Gasteiger partial charge in [-0.1, -0.05) is 30.3 Å². The fourth-order valence-corrected chi connectivity index (χ4v) is 6.08. The number of aromatic nitrogens is 2. The van der Waals surface area contributed by atoms with Gasteiger partial charge in [0.1, 0.15) is 15.9 Å². The minimum Gasteiger partial charge on any atom is -0.308 e. The van der Waals surface area contributed by atoms with Crippen LogP contribution in [0.1, 0.15) is 25.7 Å². The molecule has 0 radical (unpaired) electrons. The molecule has 1 saturated carbocycles. The first-order valence-corrected chi connectivity index (χ1v) is 12.9. The van der Waals surface area contributed by atoms with E-state index in [1.54, 1.807) is 29.2 Å². The minimum atomic E-state index is -3.67. The van der Waals surface area contributed by atoms with Crippen molar-refractivity contribution in [2.24, 2.45) is 11.8 Å². The van der Waals surface area contributed by atoms with E-state index in [1.807, 2.05) is 30.3 Å². The molecular weight excluding hydrogens is 444 g/mol. The quantitative estimate of drug-likeness (QED) is 0.503. The van der Waals surface area contributed by atoms with E-state index in [-0.39, 0.29) is 22.6 Å². The number of hydrogen-bond acceptors (Lipinski definition) is 6. The molecule has 1 amide bonds. The molecule has 3 aromatic rings. The molecule has 7 nitrogen and oxygen atoms in total. The van der Waals surface area contributed by atoms with Crippen LogP contribution in [0.4, 0.5) is 5.69 Å². The standard InChI is InChI=1S/C23H26N4O3S2/c1-2-15-27(19-7-4-3-5-8-19)23(28)18-13-11-17(12-14-18)16-24-32(29,30)21-10-6-9-20-22(21)26-31-25-20/h2-10,17-18,24H,1,11-16H2. The number of nitrogens with one attached hydrogen (secondary N) is 1. The number of fused-ring (bicyclic) bond motifs is 1. The van der Waals surface area contributed by atoms with E-state index < -0.39 is 10.0 Å². The van der Waals surface area contributed by atoms with Crippen molar-refractivity contribution in [2.75, 3.05) is 18.0 Å². The molecule has 9 heteroatoms. The zero-order chi connectivity index (χ0) is 22.6. The number of rotatable bonds is 8. The molecule has 1 fully saturated rings. The van der Waals surface area contributed by atoms with Gasteiger partial charge in [-0.05, 0) is 55.9 Å². The average Bonchev–Trinajstić information content (AvgIpc) is 3.31. The number of carbonyl (C=O) groups excluding carboxylic acids is 1. The average molecular weight is 471 g/mol. The van der Waals surface area contributed by atoms with E-state index >= 15 is 0 Å². The Morgan fingerprint density at radius 2 is 1.84 bits per heavy atom. The molecule has 1 heterocycles. The summed E-state index contributed by atoms with van der Waals surface area (Å²) in [6.07, 6.45) is 4.84. The molecule has 32 heavy (non-hydrogen) atoms. The van der Waals surface area contributed by atoms with Crippen molar-refractivity contribution in [1.29, 1.82) is 0 Å². The Bertz CT molecular complexity index is 1190. The van der Waals surface area contributed by atoms with Gasteiger partial charge in [-0.2, -0.15) is 8.75 Å². The second-order valence-corrected chi connectivity index (χ2v) is 10.3. The van der Waals surface area contributed by atoms with Gasteiger partial charge >= 0.3 is 0 Å². The summed E-state index contributed by atoms with van der Waals surface area (Å²) in [6, 6.07) is 14.6. The Morgan fingerprint density at radius 1 is 1.09 bits per heavy atom. The van der Waals surface area contributed by atoms with Crippen molar-refractivity contribution in [3.8, 4) is 0 Å². The highest BCUT2D eigenvalue weighted by molar-refractivity contribution is 7.89. The summed E-state index contributed by atoms with van der Waals surface area (Å²) in [6.45, 7) is 4.61. The van der Waals surface area contributed by atoms with Gasteiger partial charge < -0.3 is 4.90 Å². The van der Waals surface area contributed by atoms with Crippen molar-refractivity contribution in [2.45, 2.75) is 30.6 Å². The molecule has 168 valence electrons. The predicted molar refractivity (Wildman–Crippen MR) is 127 cm³/mol. The van der Waals surface area contributed by atoms with Gasteiger partial charge in [-0.15, -0.1) is 6.58 Å². The topological polar surface area (TPSA) is 92.3 Å². The number of amides is 1. The number of anilines is 1. The molecule has 1 aromatic heterocycles. The van der Waals surface area contributed by atoms with Crippen LogP contribution < -0.4 is 9.62 Å². The van der Waals surface area contributed by atoms with Crippen molar-refractivity contribution in [3.05, 3.63) is 61.2 Å². The highest BCUT2D eigenvalue weighted by Gasteiger charge is 2.30. The highest BCUT2D eigenvalue weighted by Crippen LogP contribution is 2.31. The van der Waals surface area contributed by atoms with Crippen LogP contribution in [0.3, 0.4) is 0 Å². The Morgan fingerprint density at radius 3 is 2.56 bits per heavy atom. The monoisotopic (exact) mass is 470 g/mol. The molecule has 1 aliphatic rings. The second-order valence-electron chi connectivity index (χ2n) is 8.03. The Kier molecular flexibility index (Phi) is 6.98. The zero-order valence-electron chi connectivity index (χ0n) is 17.7. The van der Waals surface area contributed by atoms with Crippen molar-refractivity contribution < 1.29 is 13.2 Å². The fourth-order valence-electron chi connectivity index (χ4n) is 4.20. The molecule has 2 aromatic carbocycles. The van der Waals surface area contributed by atoms with Gasteiger partial charge in [0.2, 0.25) is 15.9 Å². The lowest BCUT2D eigenvalue weighted by atomic mass is 9.81. The third-order valence-corrected chi connectivity index (χ3v) is 7.94. The van der Waals surface area contributed by atoms with Gasteiger partial charge in [0, 0.05) is 24.7 Å². The van der Waals surface area contributed by atoms with Gasteiger partial charge in [0.15, 0.2) is 0 Å². The Hall–Kier alpha value is -2.62. The van der Waals surface area contributed by atoms with Gasteiger partial charge in [-0.3, -0.25) is 4.79 Å². The van der Waals surface area contributed by atoms with Crippen molar-refractivity contribution in [3.63, 3.8) is 0 Å². The predicted octanol–water partition coefficient (Wildman–Crippen LogP) is 4.00. The van der Waals surface area contributed by atoms with E-state index in [0.717, 1.165) is 43.1 Å². The maximum absolute atomic E-state index is 13.2. The summed E-state index contributed by atoms with van der Waals surface area (Å²) in [5.41, 5.74) is 1.86. The number of benzene rings is 2. The smallest absolute Gasteiger partial charge is 0.242 e. The number of sulfonamides is 1. The molecule has 0 bridgehead atoms. The molecule has 1 aliphatic carbocycles. The summed E-state index contributed by atoms with van der Waals surface area (Å²) < 4.78 is 36.6. The van der Waals surface area contributed by atoms with E-state index in [9.17, 15) is 13.2 Å². The molecule has 0 spiro atoms. The summed E-state index contributed by atoms with van der Waals surface area (Å²) in [5, 5.41) is 0.